The molecule has 17 heavy (non-hydrogen) atoms. The van der Waals surface area contributed by atoms with Gasteiger partial charge in [-0.2, -0.15) is 0 Å². The van der Waals surface area contributed by atoms with Crippen molar-refractivity contribution in [3.63, 3.8) is 0 Å². The highest BCUT2D eigenvalue weighted by atomic mass is 79.9. The molecule has 0 atom stereocenters. The smallest absolute Gasteiger partial charge is 0.167 e. The molecule has 2 aromatic rings. The Hall–Kier alpha value is -1.43. The van der Waals surface area contributed by atoms with E-state index in [0.717, 1.165) is 17.4 Å². The van der Waals surface area contributed by atoms with Gasteiger partial charge in [-0.05, 0) is 12.1 Å². The van der Waals surface area contributed by atoms with E-state index in [9.17, 15) is 4.39 Å². The van der Waals surface area contributed by atoms with E-state index in [1.807, 2.05) is 0 Å². The van der Waals surface area contributed by atoms with Crippen molar-refractivity contribution >= 4 is 15.9 Å². The molecule has 90 valence electrons. The summed E-state index contributed by atoms with van der Waals surface area (Å²) in [5, 5.41) is 8.75. The SMILES string of the molecule is COc1ccc(-n2cc(CCBr)nn2)cc1F. The van der Waals surface area contributed by atoms with Gasteiger partial charge in [0.2, 0.25) is 0 Å². The van der Waals surface area contributed by atoms with Gasteiger partial charge in [0, 0.05) is 17.8 Å². The second-order valence-corrected chi connectivity index (χ2v) is 4.21. The van der Waals surface area contributed by atoms with E-state index in [-0.39, 0.29) is 5.75 Å². The molecule has 0 amide bonds. The predicted octanol–water partition coefficient (Wildman–Crippen LogP) is 2.35. The molecule has 0 spiro atoms. The van der Waals surface area contributed by atoms with Crippen molar-refractivity contribution in [1.82, 2.24) is 15.0 Å². The van der Waals surface area contributed by atoms with Crippen molar-refractivity contribution in [2.75, 3.05) is 12.4 Å². The molecule has 1 aromatic heterocycles. The molecule has 1 aromatic carbocycles. The van der Waals surface area contributed by atoms with Gasteiger partial charge in [0.1, 0.15) is 0 Å². The predicted molar refractivity (Wildman–Crippen MR) is 65.4 cm³/mol. The van der Waals surface area contributed by atoms with Crippen molar-refractivity contribution in [2.24, 2.45) is 0 Å². The molecule has 2 rings (SSSR count). The Morgan fingerprint density at radius 2 is 2.29 bits per heavy atom. The highest BCUT2D eigenvalue weighted by molar-refractivity contribution is 9.09. The quantitative estimate of drug-likeness (QED) is 0.814. The third-order valence-electron chi connectivity index (χ3n) is 2.29. The molecule has 0 radical (unpaired) electrons. The van der Waals surface area contributed by atoms with Crippen molar-refractivity contribution in [2.45, 2.75) is 6.42 Å². The van der Waals surface area contributed by atoms with E-state index in [4.69, 9.17) is 4.74 Å². The summed E-state index contributed by atoms with van der Waals surface area (Å²) in [5.74, 6) is -0.197. The highest BCUT2D eigenvalue weighted by Gasteiger charge is 2.07. The number of benzene rings is 1. The number of rotatable bonds is 4. The monoisotopic (exact) mass is 299 g/mol. The van der Waals surface area contributed by atoms with Crippen LogP contribution in [0.3, 0.4) is 0 Å². The third kappa shape index (κ3) is 2.63. The van der Waals surface area contributed by atoms with Crippen molar-refractivity contribution in [3.05, 3.63) is 35.9 Å². The van der Waals surface area contributed by atoms with Crippen molar-refractivity contribution < 1.29 is 9.13 Å². The van der Waals surface area contributed by atoms with Crippen LogP contribution in [0, 0.1) is 5.82 Å². The van der Waals surface area contributed by atoms with Crippen LogP contribution >= 0.6 is 15.9 Å². The molecule has 0 aliphatic carbocycles. The van der Waals surface area contributed by atoms with Crippen LogP contribution < -0.4 is 4.74 Å². The van der Waals surface area contributed by atoms with Gasteiger partial charge in [-0.3, -0.25) is 0 Å². The summed E-state index contributed by atoms with van der Waals surface area (Å²) in [5.41, 5.74) is 1.48. The summed E-state index contributed by atoms with van der Waals surface area (Å²) >= 11 is 3.33. The molecule has 0 N–H and O–H groups in total. The Kier molecular flexibility index (Phi) is 3.73. The normalized spacial score (nSPS) is 10.5. The molecule has 6 heteroatoms. The molecule has 0 bridgehead atoms. The Balaban J connectivity index is 2.29. The molecule has 1 heterocycles. The number of halogens is 2. The van der Waals surface area contributed by atoms with E-state index in [1.54, 1.807) is 23.0 Å². The fourth-order valence-electron chi connectivity index (χ4n) is 1.43. The maximum Gasteiger partial charge on any atom is 0.167 e. The van der Waals surface area contributed by atoms with E-state index in [2.05, 4.69) is 26.2 Å². The minimum atomic E-state index is -0.414. The van der Waals surface area contributed by atoms with E-state index in [1.165, 1.54) is 13.2 Å². The number of nitrogens with zero attached hydrogens (tertiary/aromatic N) is 3. The number of methoxy groups -OCH3 is 1. The number of aromatic nitrogens is 3. The zero-order valence-corrected chi connectivity index (χ0v) is 10.8. The van der Waals surface area contributed by atoms with Crippen LogP contribution in [0.2, 0.25) is 0 Å². The van der Waals surface area contributed by atoms with Gasteiger partial charge in [0.25, 0.3) is 0 Å². The van der Waals surface area contributed by atoms with Crippen LogP contribution in [0.1, 0.15) is 5.69 Å². The Labute approximate surface area is 107 Å². The average Bonchev–Trinajstić information content (AvgIpc) is 2.78. The first-order valence-electron chi connectivity index (χ1n) is 5.05. The topological polar surface area (TPSA) is 39.9 Å². The van der Waals surface area contributed by atoms with Crippen LogP contribution in [0.15, 0.2) is 24.4 Å². The second kappa shape index (κ2) is 5.27. The van der Waals surface area contributed by atoms with Crippen molar-refractivity contribution in [1.29, 1.82) is 0 Å². The zero-order valence-electron chi connectivity index (χ0n) is 9.23. The van der Waals surface area contributed by atoms with Gasteiger partial charge in [0.05, 0.1) is 24.7 Å². The largest absolute Gasteiger partial charge is 0.494 e. The van der Waals surface area contributed by atoms with Gasteiger partial charge in [0.15, 0.2) is 11.6 Å². The van der Waals surface area contributed by atoms with Gasteiger partial charge in [-0.15, -0.1) is 5.10 Å². The van der Waals surface area contributed by atoms with E-state index < -0.39 is 5.82 Å². The minimum Gasteiger partial charge on any atom is -0.494 e. The van der Waals surface area contributed by atoms with Gasteiger partial charge in [-0.1, -0.05) is 21.1 Å². The number of ether oxygens (including phenoxy) is 1. The van der Waals surface area contributed by atoms with Crippen LogP contribution in [0.4, 0.5) is 4.39 Å². The summed E-state index contributed by atoms with van der Waals surface area (Å²) < 4.78 is 19.9. The maximum absolute atomic E-state index is 13.5. The number of hydrogen-bond donors (Lipinski definition) is 0. The summed E-state index contributed by atoms with van der Waals surface area (Å²) in [6.07, 6.45) is 2.57. The lowest BCUT2D eigenvalue weighted by molar-refractivity contribution is 0.386. The highest BCUT2D eigenvalue weighted by Crippen LogP contribution is 2.19. The molecular weight excluding hydrogens is 289 g/mol. The lowest BCUT2D eigenvalue weighted by Gasteiger charge is -2.04. The number of hydrogen-bond acceptors (Lipinski definition) is 3. The molecule has 0 aliphatic rings. The molecule has 0 fully saturated rings. The maximum atomic E-state index is 13.5. The van der Waals surface area contributed by atoms with E-state index in [0.29, 0.717) is 5.69 Å². The van der Waals surface area contributed by atoms with Crippen LogP contribution in [-0.4, -0.2) is 27.4 Å². The summed E-state index contributed by atoms with van der Waals surface area (Å²) in [6, 6.07) is 4.66. The van der Waals surface area contributed by atoms with Crippen LogP contribution in [0.25, 0.3) is 5.69 Å². The third-order valence-corrected chi connectivity index (χ3v) is 2.69. The zero-order chi connectivity index (χ0) is 12.3. The average molecular weight is 300 g/mol. The van der Waals surface area contributed by atoms with Crippen LogP contribution in [-0.2, 0) is 6.42 Å². The summed E-state index contributed by atoms with van der Waals surface area (Å²) in [4.78, 5) is 0. The number of alkyl halides is 1. The lowest BCUT2D eigenvalue weighted by atomic mass is 10.3. The molecule has 0 aliphatic heterocycles. The fourth-order valence-corrected chi connectivity index (χ4v) is 1.84. The van der Waals surface area contributed by atoms with Crippen LogP contribution in [0.5, 0.6) is 5.75 Å². The summed E-state index contributed by atoms with van der Waals surface area (Å²) in [7, 11) is 1.43. The molecule has 0 saturated carbocycles. The van der Waals surface area contributed by atoms with E-state index >= 15 is 0 Å². The minimum absolute atomic E-state index is 0.217. The Bertz CT molecular complexity index is 515. The first-order chi connectivity index (χ1) is 8.24. The van der Waals surface area contributed by atoms with Gasteiger partial charge >= 0.3 is 0 Å². The molecular formula is C11H11BrFN3O. The Morgan fingerprint density at radius 3 is 2.94 bits per heavy atom. The lowest BCUT2D eigenvalue weighted by Crippen LogP contribution is -1.97. The standard InChI is InChI=1S/C11H11BrFN3O/c1-17-11-3-2-9(6-10(11)13)16-7-8(4-5-12)14-15-16/h2-3,6-7H,4-5H2,1H3. The first-order valence-corrected chi connectivity index (χ1v) is 6.18. The molecule has 0 saturated heterocycles. The van der Waals surface area contributed by atoms with Crippen molar-refractivity contribution in [3.8, 4) is 11.4 Å². The van der Waals surface area contributed by atoms with Gasteiger partial charge < -0.3 is 4.74 Å². The molecule has 0 unspecified atom stereocenters. The first kappa shape index (κ1) is 12.0. The molecule has 4 nitrogen and oxygen atoms in total. The Morgan fingerprint density at radius 1 is 1.47 bits per heavy atom. The fraction of sp³-hybridized carbons (Fsp3) is 0.273. The van der Waals surface area contributed by atoms with Gasteiger partial charge in [-0.25, -0.2) is 9.07 Å². The second-order valence-electron chi connectivity index (χ2n) is 3.41. The summed E-state index contributed by atoms with van der Waals surface area (Å²) in [6.45, 7) is 0. The number of aryl methyl sites for hydroxylation is 1.